The van der Waals surface area contributed by atoms with Crippen LogP contribution in [0.1, 0.15) is 15.9 Å². The number of benzene rings is 2. The van der Waals surface area contributed by atoms with E-state index in [-0.39, 0.29) is 16.3 Å². The summed E-state index contributed by atoms with van der Waals surface area (Å²) in [5.41, 5.74) is -0.721. The molecule has 2 aromatic carbocycles. The zero-order chi connectivity index (χ0) is 14.9. The summed E-state index contributed by atoms with van der Waals surface area (Å²) in [5, 5.41) is 9.68. The van der Waals surface area contributed by atoms with E-state index in [1.54, 1.807) is 0 Å². The number of methoxy groups -OCH3 is 1. The van der Waals surface area contributed by atoms with Crippen molar-refractivity contribution < 1.29 is 23.4 Å². The smallest absolute Gasteiger partial charge is 0.199 e. The van der Waals surface area contributed by atoms with Crippen LogP contribution in [0.5, 0.6) is 11.5 Å². The minimum Gasteiger partial charge on any atom is -0.505 e. The number of hydrogen-bond donors (Lipinski definition) is 1. The molecule has 6 heteroatoms. The molecule has 0 amide bonds. The van der Waals surface area contributed by atoms with E-state index >= 15 is 0 Å². The van der Waals surface area contributed by atoms with Crippen LogP contribution in [0, 0.1) is 11.6 Å². The number of ether oxygens (including phenoxy) is 1. The monoisotopic (exact) mass is 298 g/mol. The predicted molar refractivity (Wildman–Crippen MR) is 69.5 cm³/mol. The van der Waals surface area contributed by atoms with Crippen LogP contribution in [0.4, 0.5) is 8.78 Å². The average molecular weight is 299 g/mol. The molecule has 0 spiro atoms. The lowest BCUT2D eigenvalue weighted by Crippen LogP contribution is -2.06. The molecule has 3 nitrogen and oxygen atoms in total. The highest BCUT2D eigenvalue weighted by atomic mass is 35.5. The third kappa shape index (κ3) is 2.32. The van der Waals surface area contributed by atoms with Gasteiger partial charge in [0.15, 0.2) is 17.4 Å². The highest BCUT2D eigenvalue weighted by molar-refractivity contribution is 6.34. The van der Waals surface area contributed by atoms with E-state index in [1.165, 1.54) is 25.3 Å². The van der Waals surface area contributed by atoms with Crippen molar-refractivity contribution in [3.63, 3.8) is 0 Å². The van der Waals surface area contributed by atoms with Crippen molar-refractivity contribution in [2.24, 2.45) is 0 Å². The molecule has 0 radical (unpaired) electrons. The average Bonchev–Trinajstić information content (AvgIpc) is 2.44. The molecule has 0 aromatic heterocycles. The molecule has 0 aliphatic heterocycles. The molecule has 0 unspecified atom stereocenters. The molecule has 0 atom stereocenters. The Morgan fingerprint density at radius 3 is 2.55 bits per heavy atom. The summed E-state index contributed by atoms with van der Waals surface area (Å²) >= 11 is 5.81. The first-order valence-electron chi connectivity index (χ1n) is 5.51. The maximum Gasteiger partial charge on any atom is 0.199 e. The van der Waals surface area contributed by atoms with Gasteiger partial charge in [0.25, 0.3) is 0 Å². The third-order valence-corrected chi connectivity index (χ3v) is 3.11. The zero-order valence-electron chi connectivity index (χ0n) is 10.3. The van der Waals surface area contributed by atoms with Gasteiger partial charge in [-0.2, -0.15) is 0 Å². The molecular weight excluding hydrogens is 290 g/mol. The van der Waals surface area contributed by atoms with Crippen molar-refractivity contribution in [3.05, 3.63) is 58.1 Å². The minimum atomic E-state index is -1.27. The van der Waals surface area contributed by atoms with E-state index in [1.807, 2.05) is 0 Å². The Bertz CT molecular complexity index is 686. The molecule has 0 aliphatic rings. The molecule has 0 saturated carbocycles. The second-order valence-electron chi connectivity index (χ2n) is 3.91. The standard InChI is InChI=1S/C14H9ClF2O3/c1-20-10-6-5-8(14(19)11(10)15)13(18)7-3-2-4-9(16)12(7)17/h2-6,19H,1H3. The topological polar surface area (TPSA) is 46.5 Å². The SMILES string of the molecule is COc1ccc(C(=O)c2cccc(F)c2F)c(O)c1Cl. The Hall–Kier alpha value is -2.14. The lowest BCUT2D eigenvalue weighted by Gasteiger charge is -2.09. The summed E-state index contributed by atoms with van der Waals surface area (Å²) in [5.74, 6) is -3.66. The molecule has 1 N–H and O–H groups in total. The molecule has 104 valence electrons. The van der Waals surface area contributed by atoms with Crippen molar-refractivity contribution >= 4 is 17.4 Å². The van der Waals surface area contributed by atoms with Crippen LogP contribution in [0.2, 0.25) is 5.02 Å². The number of phenolic OH excluding ortho intramolecular Hbond substituents is 1. The molecule has 0 saturated heterocycles. The molecule has 0 fully saturated rings. The largest absolute Gasteiger partial charge is 0.505 e. The Labute approximate surface area is 118 Å². The molecule has 2 rings (SSSR count). The highest BCUT2D eigenvalue weighted by Crippen LogP contribution is 2.37. The number of ketones is 1. The first-order valence-corrected chi connectivity index (χ1v) is 5.89. The number of rotatable bonds is 3. The Morgan fingerprint density at radius 2 is 1.90 bits per heavy atom. The van der Waals surface area contributed by atoms with Gasteiger partial charge < -0.3 is 9.84 Å². The Balaban J connectivity index is 2.55. The summed E-state index contributed by atoms with van der Waals surface area (Å²) < 4.78 is 31.6. The van der Waals surface area contributed by atoms with Crippen molar-refractivity contribution in [1.29, 1.82) is 0 Å². The van der Waals surface area contributed by atoms with E-state index in [0.29, 0.717) is 0 Å². The number of carbonyl (C=O) groups is 1. The van der Waals surface area contributed by atoms with Gasteiger partial charge in [-0.3, -0.25) is 4.79 Å². The van der Waals surface area contributed by atoms with E-state index in [4.69, 9.17) is 16.3 Å². The van der Waals surface area contributed by atoms with Crippen molar-refractivity contribution in [2.45, 2.75) is 0 Å². The Kier molecular flexibility index (Phi) is 3.90. The van der Waals surface area contributed by atoms with Gasteiger partial charge in [0.2, 0.25) is 0 Å². The summed E-state index contributed by atoms with van der Waals surface area (Å²) in [4.78, 5) is 12.1. The summed E-state index contributed by atoms with van der Waals surface area (Å²) in [6.45, 7) is 0. The van der Waals surface area contributed by atoms with Crippen LogP contribution in [0.15, 0.2) is 30.3 Å². The van der Waals surface area contributed by atoms with Gasteiger partial charge in [0.05, 0.1) is 18.2 Å². The quantitative estimate of drug-likeness (QED) is 0.881. The maximum absolute atomic E-state index is 13.6. The minimum absolute atomic E-state index is 0.167. The first kappa shape index (κ1) is 14.3. The fraction of sp³-hybridized carbons (Fsp3) is 0.0714. The van der Waals surface area contributed by atoms with Crippen LogP contribution in [0.3, 0.4) is 0 Å². The second kappa shape index (κ2) is 5.46. The van der Waals surface area contributed by atoms with Crippen LogP contribution in [-0.2, 0) is 0 Å². The normalized spacial score (nSPS) is 10.4. The van der Waals surface area contributed by atoms with Crippen LogP contribution in [-0.4, -0.2) is 18.0 Å². The van der Waals surface area contributed by atoms with E-state index in [2.05, 4.69) is 0 Å². The number of hydrogen-bond acceptors (Lipinski definition) is 3. The number of halogens is 3. The fourth-order valence-corrected chi connectivity index (χ4v) is 1.95. The number of phenols is 1. The summed E-state index contributed by atoms with van der Waals surface area (Å²) in [6, 6.07) is 5.80. The molecule has 0 bridgehead atoms. The number of aromatic hydroxyl groups is 1. The van der Waals surface area contributed by atoms with E-state index in [9.17, 15) is 18.7 Å². The van der Waals surface area contributed by atoms with Gasteiger partial charge >= 0.3 is 0 Å². The van der Waals surface area contributed by atoms with Crippen molar-refractivity contribution in [3.8, 4) is 11.5 Å². The number of carbonyl (C=O) groups excluding carboxylic acids is 1. The van der Waals surface area contributed by atoms with Gasteiger partial charge in [0.1, 0.15) is 16.5 Å². The van der Waals surface area contributed by atoms with Crippen molar-refractivity contribution in [1.82, 2.24) is 0 Å². The van der Waals surface area contributed by atoms with Crippen molar-refractivity contribution in [2.75, 3.05) is 7.11 Å². The van der Waals surface area contributed by atoms with Gasteiger partial charge in [0, 0.05) is 0 Å². The zero-order valence-corrected chi connectivity index (χ0v) is 11.0. The molecule has 20 heavy (non-hydrogen) atoms. The lowest BCUT2D eigenvalue weighted by atomic mass is 10.0. The van der Waals surface area contributed by atoms with E-state index in [0.717, 1.165) is 12.1 Å². The van der Waals surface area contributed by atoms with Crippen LogP contribution in [0.25, 0.3) is 0 Å². The Morgan fingerprint density at radius 1 is 1.20 bits per heavy atom. The summed E-state index contributed by atoms with van der Waals surface area (Å²) in [6.07, 6.45) is 0. The molecule has 2 aromatic rings. The maximum atomic E-state index is 13.6. The van der Waals surface area contributed by atoms with Gasteiger partial charge in [-0.1, -0.05) is 17.7 Å². The van der Waals surface area contributed by atoms with Crippen LogP contribution >= 0.6 is 11.6 Å². The second-order valence-corrected chi connectivity index (χ2v) is 4.29. The van der Waals surface area contributed by atoms with E-state index < -0.39 is 28.7 Å². The van der Waals surface area contributed by atoms with Gasteiger partial charge in [-0.05, 0) is 24.3 Å². The van der Waals surface area contributed by atoms with Gasteiger partial charge in [-0.15, -0.1) is 0 Å². The predicted octanol–water partition coefficient (Wildman–Crippen LogP) is 3.56. The molecule has 0 aliphatic carbocycles. The first-order chi connectivity index (χ1) is 9.47. The summed E-state index contributed by atoms with van der Waals surface area (Å²) in [7, 11) is 1.34. The molecule has 0 heterocycles. The molecular formula is C14H9ClF2O3. The fourth-order valence-electron chi connectivity index (χ4n) is 1.71. The third-order valence-electron chi connectivity index (χ3n) is 2.74. The van der Waals surface area contributed by atoms with Crippen LogP contribution < -0.4 is 4.74 Å². The van der Waals surface area contributed by atoms with Gasteiger partial charge in [-0.25, -0.2) is 8.78 Å². The lowest BCUT2D eigenvalue weighted by molar-refractivity contribution is 0.103. The highest BCUT2D eigenvalue weighted by Gasteiger charge is 2.22.